The summed E-state index contributed by atoms with van der Waals surface area (Å²) >= 11 is 1.26. The lowest BCUT2D eigenvalue weighted by atomic mass is 10.3. The van der Waals surface area contributed by atoms with E-state index in [0.717, 1.165) is 5.56 Å². The summed E-state index contributed by atoms with van der Waals surface area (Å²) in [6.45, 7) is 5.02. The molecule has 1 aromatic carbocycles. The van der Waals surface area contributed by atoms with Gasteiger partial charge in [-0.2, -0.15) is 0 Å². The van der Waals surface area contributed by atoms with Crippen LogP contribution in [0.25, 0.3) is 5.69 Å². The highest BCUT2D eigenvalue weighted by atomic mass is 32.1. The Kier molecular flexibility index (Phi) is 5.51. The lowest BCUT2D eigenvalue weighted by molar-refractivity contribution is -0.123. The number of carbonyl (C=O) groups is 2. The van der Waals surface area contributed by atoms with Gasteiger partial charge in [-0.25, -0.2) is 9.48 Å². The van der Waals surface area contributed by atoms with Gasteiger partial charge in [0.05, 0.1) is 11.4 Å². The van der Waals surface area contributed by atoms with Gasteiger partial charge in [0.25, 0.3) is 11.5 Å². The van der Waals surface area contributed by atoms with Gasteiger partial charge in [0.15, 0.2) is 6.10 Å². The van der Waals surface area contributed by atoms with E-state index in [2.05, 4.69) is 5.32 Å². The molecular formula is C20H21N3O4S. The zero-order valence-corrected chi connectivity index (χ0v) is 16.9. The molecule has 7 nitrogen and oxygen atoms in total. The van der Waals surface area contributed by atoms with Crippen molar-refractivity contribution in [2.45, 2.75) is 26.9 Å². The molecule has 8 heteroatoms. The lowest BCUT2D eigenvalue weighted by Crippen LogP contribution is -2.32. The molecule has 0 bridgehead atoms. The molecule has 0 spiro atoms. The summed E-state index contributed by atoms with van der Waals surface area (Å²) in [5.41, 5.74) is 1.88. The average Bonchev–Trinajstić information content (AvgIpc) is 3.19. The minimum Gasteiger partial charge on any atom is -0.448 e. The topological polar surface area (TPSA) is 82.3 Å². The molecule has 0 radical (unpaired) electrons. The number of anilines is 1. The summed E-state index contributed by atoms with van der Waals surface area (Å²) in [5, 5.41) is 4.40. The van der Waals surface area contributed by atoms with Crippen molar-refractivity contribution < 1.29 is 14.3 Å². The van der Waals surface area contributed by atoms with Crippen molar-refractivity contribution in [1.29, 1.82) is 0 Å². The van der Waals surface area contributed by atoms with Crippen LogP contribution in [0, 0.1) is 13.8 Å². The third-order valence-electron chi connectivity index (χ3n) is 4.50. The van der Waals surface area contributed by atoms with Gasteiger partial charge in [0.1, 0.15) is 10.6 Å². The van der Waals surface area contributed by atoms with Crippen molar-refractivity contribution in [2.75, 3.05) is 5.32 Å². The number of rotatable bonds is 5. The molecule has 28 heavy (non-hydrogen) atoms. The molecule has 2 aromatic heterocycles. The number of hydrogen-bond donors (Lipinski definition) is 1. The van der Waals surface area contributed by atoms with Gasteiger partial charge < -0.3 is 10.1 Å². The quantitative estimate of drug-likeness (QED) is 0.669. The van der Waals surface area contributed by atoms with Gasteiger partial charge in [-0.3, -0.25) is 14.3 Å². The molecule has 1 atom stereocenters. The highest BCUT2D eigenvalue weighted by molar-refractivity contribution is 7.12. The van der Waals surface area contributed by atoms with Crippen LogP contribution in [0.3, 0.4) is 0 Å². The van der Waals surface area contributed by atoms with Gasteiger partial charge in [-0.15, -0.1) is 11.3 Å². The molecule has 1 amide bonds. The maximum Gasteiger partial charge on any atom is 0.349 e. The summed E-state index contributed by atoms with van der Waals surface area (Å²) in [5.74, 6) is -1.12. The number of esters is 1. The first-order valence-electron chi connectivity index (χ1n) is 8.71. The second-order valence-corrected chi connectivity index (χ2v) is 7.32. The van der Waals surface area contributed by atoms with E-state index in [1.54, 1.807) is 43.1 Å². The minimum absolute atomic E-state index is 0.159. The van der Waals surface area contributed by atoms with Crippen molar-refractivity contribution in [2.24, 2.45) is 7.05 Å². The van der Waals surface area contributed by atoms with E-state index in [-0.39, 0.29) is 11.2 Å². The van der Waals surface area contributed by atoms with Crippen molar-refractivity contribution in [1.82, 2.24) is 9.36 Å². The first-order chi connectivity index (χ1) is 13.3. The summed E-state index contributed by atoms with van der Waals surface area (Å²) in [7, 11) is 1.74. The fraction of sp³-hybridized carbons (Fsp3) is 0.250. The van der Waals surface area contributed by atoms with Crippen molar-refractivity contribution in [3.05, 3.63) is 68.3 Å². The van der Waals surface area contributed by atoms with Crippen molar-refractivity contribution in [3.8, 4) is 5.69 Å². The van der Waals surface area contributed by atoms with Crippen LogP contribution in [0.15, 0.2) is 46.6 Å². The van der Waals surface area contributed by atoms with Crippen LogP contribution in [0.2, 0.25) is 0 Å². The van der Waals surface area contributed by atoms with Crippen LogP contribution in [-0.2, 0) is 16.6 Å². The van der Waals surface area contributed by atoms with Crippen molar-refractivity contribution in [3.63, 3.8) is 0 Å². The van der Waals surface area contributed by atoms with E-state index >= 15 is 0 Å². The largest absolute Gasteiger partial charge is 0.448 e. The number of nitrogens with zero attached hydrogens (tertiary/aromatic N) is 2. The molecule has 3 aromatic rings. The van der Waals surface area contributed by atoms with E-state index in [0.29, 0.717) is 16.3 Å². The molecule has 0 aliphatic rings. The van der Waals surface area contributed by atoms with Crippen molar-refractivity contribution >= 4 is 28.9 Å². The van der Waals surface area contributed by atoms with Gasteiger partial charge in [0.2, 0.25) is 0 Å². The Balaban J connectivity index is 1.80. The fourth-order valence-corrected chi connectivity index (χ4v) is 3.59. The lowest BCUT2D eigenvalue weighted by Gasteiger charge is -2.12. The first-order valence-corrected chi connectivity index (χ1v) is 9.59. The molecule has 146 valence electrons. The predicted molar refractivity (Wildman–Crippen MR) is 108 cm³/mol. The van der Waals surface area contributed by atoms with Crippen LogP contribution in [-0.4, -0.2) is 27.3 Å². The zero-order valence-electron chi connectivity index (χ0n) is 16.1. The van der Waals surface area contributed by atoms with E-state index < -0.39 is 18.0 Å². The first kappa shape index (κ1) is 19.6. The van der Waals surface area contributed by atoms with E-state index in [9.17, 15) is 14.4 Å². The Morgan fingerprint density at radius 2 is 1.82 bits per heavy atom. The SMILES string of the molecule is Cc1ccsc1C(=O)OC(C)C(=O)Nc1c(C)n(C)n(-c2ccccc2)c1=O. The number of amides is 1. The van der Waals surface area contributed by atoms with Gasteiger partial charge >= 0.3 is 5.97 Å². The van der Waals surface area contributed by atoms with Gasteiger partial charge in [-0.05, 0) is 49.9 Å². The van der Waals surface area contributed by atoms with Crippen LogP contribution in [0.1, 0.15) is 27.9 Å². The highest BCUT2D eigenvalue weighted by Gasteiger charge is 2.24. The van der Waals surface area contributed by atoms with Crippen LogP contribution < -0.4 is 10.9 Å². The molecule has 0 saturated heterocycles. The molecule has 0 saturated carbocycles. The highest BCUT2D eigenvalue weighted by Crippen LogP contribution is 2.18. The second kappa shape index (κ2) is 7.85. The molecule has 0 aliphatic carbocycles. The number of ether oxygens (including phenoxy) is 1. The molecule has 3 rings (SSSR count). The Labute approximate surface area is 166 Å². The smallest absolute Gasteiger partial charge is 0.349 e. The molecule has 1 unspecified atom stereocenters. The number of benzene rings is 1. The van der Waals surface area contributed by atoms with E-state index in [1.165, 1.54) is 22.9 Å². The number of aromatic nitrogens is 2. The summed E-state index contributed by atoms with van der Waals surface area (Å²) in [4.78, 5) is 38.0. The van der Waals surface area contributed by atoms with Crippen LogP contribution in [0.5, 0.6) is 0 Å². The number of aryl methyl sites for hydroxylation is 1. The molecule has 0 fully saturated rings. The number of hydrogen-bond acceptors (Lipinski definition) is 5. The molecule has 1 N–H and O–H groups in total. The molecular weight excluding hydrogens is 378 g/mol. The Morgan fingerprint density at radius 3 is 2.43 bits per heavy atom. The summed E-state index contributed by atoms with van der Waals surface area (Å²) < 4.78 is 8.39. The number of nitrogens with one attached hydrogen (secondary N) is 1. The Bertz CT molecular complexity index is 1080. The third kappa shape index (κ3) is 3.63. The third-order valence-corrected chi connectivity index (χ3v) is 5.50. The zero-order chi connectivity index (χ0) is 20.4. The second-order valence-electron chi connectivity index (χ2n) is 6.41. The standard InChI is InChI=1S/C20H21N3O4S/c1-12-10-11-28-17(12)20(26)27-14(3)18(24)21-16-13(2)22(4)23(19(16)25)15-8-6-5-7-9-15/h5-11,14H,1-4H3,(H,21,24). The Morgan fingerprint density at radius 1 is 1.14 bits per heavy atom. The van der Waals surface area contributed by atoms with E-state index in [1.807, 2.05) is 24.3 Å². The molecule has 2 heterocycles. The predicted octanol–water partition coefficient (Wildman–Crippen LogP) is 3.04. The monoisotopic (exact) mass is 399 g/mol. The minimum atomic E-state index is -1.04. The Hall–Kier alpha value is -3.13. The molecule has 0 aliphatic heterocycles. The van der Waals surface area contributed by atoms with Crippen LogP contribution >= 0.6 is 11.3 Å². The summed E-state index contributed by atoms with van der Waals surface area (Å²) in [6, 6.07) is 10.9. The fourth-order valence-electron chi connectivity index (χ4n) is 2.79. The average molecular weight is 399 g/mol. The number of para-hydroxylation sites is 1. The van der Waals surface area contributed by atoms with Crippen LogP contribution in [0.4, 0.5) is 5.69 Å². The maximum absolute atomic E-state index is 12.8. The number of carbonyl (C=O) groups excluding carboxylic acids is 2. The van der Waals surface area contributed by atoms with E-state index in [4.69, 9.17) is 4.74 Å². The normalized spacial score (nSPS) is 11.9. The maximum atomic E-state index is 12.8. The number of thiophene rings is 1. The van der Waals surface area contributed by atoms with Gasteiger partial charge in [-0.1, -0.05) is 18.2 Å². The summed E-state index contributed by atoms with van der Waals surface area (Å²) in [6.07, 6.45) is -1.04. The van der Waals surface area contributed by atoms with Gasteiger partial charge in [0, 0.05) is 7.05 Å².